The lowest BCUT2D eigenvalue weighted by Crippen LogP contribution is -1.79. The van der Waals surface area contributed by atoms with E-state index >= 15 is 0 Å². The van der Waals surface area contributed by atoms with Crippen molar-refractivity contribution < 1.29 is 0 Å². The minimum atomic E-state index is 0.822. The Morgan fingerprint density at radius 3 is 1.15 bits per heavy atom. The summed E-state index contributed by atoms with van der Waals surface area (Å²) in [5, 5.41) is 0. The molecule has 0 aliphatic rings. The average Bonchev–Trinajstić information content (AvgIpc) is 2.28. The van der Waals surface area contributed by atoms with E-state index < -0.39 is 0 Å². The lowest BCUT2D eigenvalue weighted by atomic mass is 10.3. The second-order valence-corrected chi connectivity index (χ2v) is 1.41. The number of anilines is 1. The van der Waals surface area contributed by atoms with Crippen LogP contribution in [0.3, 0.4) is 0 Å². The molecule has 0 bridgehead atoms. The van der Waals surface area contributed by atoms with E-state index in [2.05, 4.69) is 39.5 Å². The number of hydrogen-bond donors (Lipinski definition) is 1. The fourth-order valence-corrected chi connectivity index (χ4v) is 0.453. The molecule has 0 saturated heterocycles. The molecular formula is C12H19N. The van der Waals surface area contributed by atoms with E-state index in [0.717, 1.165) is 5.69 Å². The molecule has 72 valence electrons. The molecule has 1 heteroatoms. The highest BCUT2D eigenvalue weighted by molar-refractivity contribution is 5.35. The summed E-state index contributed by atoms with van der Waals surface area (Å²) in [6, 6.07) is 9.49. The van der Waals surface area contributed by atoms with E-state index in [9.17, 15) is 0 Å². The highest BCUT2D eigenvalue weighted by Crippen LogP contribution is 1.95. The van der Waals surface area contributed by atoms with Crippen LogP contribution in [0.2, 0.25) is 0 Å². The zero-order chi connectivity index (χ0) is 11.1. The summed E-state index contributed by atoms with van der Waals surface area (Å²) < 4.78 is 0. The zero-order valence-corrected chi connectivity index (χ0v) is 8.21. The molecule has 0 unspecified atom stereocenters. The highest BCUT2D eigenvalue weighted by atomic mass is 14.5. The molecule has 1 nitrogen and oxygen atoms in total. The predicted molar refractivity (Wildman–Crippen MR) is 64.6 cm³/mol. The topological polar surface area (TPSA) is 26.0 Å². The van der Waals surface area contributed by atoms with E-state index in [1.54, 1.807) is 0 Å². The van der Waals surface area contributed by atoms with Crippen LogP contribution in [0.1, 0.15) is 0 Å². The molecule has 0 atom stereocenters. The van der Waals surface area contributed by atoms with Gasteiger partial charge >= 0.3 is 0 Å². The third-order valence-electron chi connectivity index (χ3n) is 0.800. The zero-order valence-electron chi connectivity index (χ0n) is 8.21. The van der Waals surface area contributed by atoms with E-state index in [1.807, 2.05) is 30.3 Å². The Balaban J connectivity index is -0.000000144. The normalized spacial score (nSPS) is 5.54. The van der Waals surface area contributed by atoms with E-state index in [1.165, 1.54) is 0 Å². The van der Waals surface area contributed by atoms with Crippen LogP contribution in [0.15, 0.2) is 69.8 Å². The smallest absolute Gasteiger partial charge is 0.0313 e. The van der Waals surface area contributed by atoms with E-state index in [-0.39, 0.29) is 0 Å². The quantitative estimate of drug-likeness (QED) is 0.475. The highest BCUT2D eigenvalue weighted by Gasteiger charge is 1.72. The van der Waals surface area contributed by atoms with Gasteiger partial charge in [-0.15, -0.1) is 39.5 Å². The largest absolute Gasteiger partial charge is 0.399 e. The summed E-state index contributed by atoms with van der Waals surface area (Å²) in [5.41, 5.74) is 6.18. The molecule has 1 aromatic rings. The first-order valence-electron chi connectivity index (χ1n) is 3.70. The summed E-state index contributed by atoms with van der Waals surface area (Å²) in [6.45, 7) is 18.0. The van der Waals surface area contributed by atoms with Crippen LogP contribution in [0, 0.1) is 0 Å². The molecule has 0 spiro atoms. The third-order valence-corrected chi connectivity index (χ3v) is 0.800. The summed E-state index contributed by atoms with van der Waals surface area (Å²) in [7, 11) is 0. The van der Waals surface area contributed by atoms with Crippen LogP contribution in [0.25, 0.3) is 0 Å². The molecule has 0 aliphatic heterocycles. The minimum Gasteiger partial charge on any atom is -0.399 e. The Bertz CT molecular complexity index is 165. The standard InChI is InChI=1S/C6H7N.3C2H4/c7-6-4-2-1-3-5-6;3*1-2/h1-5H,7H2;3*1-2H2. The van der Waals surface area contributed by atoms with Gasteiger partial charge in [0.1, 0.15) is 0 Å². The van der Waals surface area contributed by atoms with Gasteiger partial charge in [-0.3, -0.25) is 0 Å². The molecule has 0 fully saturated rings. The second kappa shape index (κ2) is 22.5. The van der Waals surface area contributed by atoms with Gasteiger partial charge in [-0.05, 0) is 12.1 Å². The first kappa shape index (κ1) is 17.4. The Labute approximate surface area is 81.9 Å². The van der Waals surface area contributed by atoms with Crippen LogP contribution in [-0.2, 0) is 0 Å². The van der Waals surface area contributed by atoms with Crippen LogP contribution in [0.4, 0.5) is 5.69 Å². The van der Waals surface area contributed by atoms with Crippen LogP contribution in [0.5, 0.6) is 0 Å². The Hall–Kier alpha value is -1.76. The predicted octanol–water partition coefficient (Wildman–Crippen LogP) is 3.68. The van der Waals surface area contributed by atoms with Crippen molar-refractivity contribution in [3.05, 3.63) is 69.8 Å². The molecule has 0 amide bonds. The maximum atomic E-state index is 5.36. The SMILES string of the molecule is C=C.C=C.C=C.Nc1ccccc1. The second-order valence-electron chi connectivity index (χ2n) is 1.41. The van der Waals surface area contributed by atoms with Gasteiger partial charge in [-0.2, -0.15) is 0 Å². The minimum absolute atomic E-state index is 0.822. The fourth-order valence-electron chi connectivity index (χ4n) is 0.453. The Morgan fingerprint density at radius 1 is 0.692 bits per heavy atom. The van der Waals surface area contributed by atoms with Crippen molar-refractivity contribution in [1.82, 2.24) is 0 Å². The molecule has 13 heavy (non-hydrogen) atoms. The lowest BCUT2D eigenvalue weighted by Gasteiger charge is -1.83. The van der Waals surface area contributed by atoms with Gasteiger partial charge in [0.15, 0.2) is 0 Å². The number of nitrogens with two attached hydrogens (primary N) is 1. The third kappa shape index (κ3) is 17.9. The van der Waals surface area contributed by atoms with Gasteiger partial charge in [0.2, 0.25) is 0 Å². The fraction of sp³-hybridized carbons (Fsp3) is 0. The molecule has 0 saturated carbocycles. The van der Waals surface area contributed by atoms with Gasteiger partial charge in [-0.1, -0.05) is 18.2 Å². The molecular weight excluding hydrogens is 158 g/mol. The van der Waals surface area contributed by atoms with Crippen molar-refractivity contribution in [2.45, 2.75) is 0 Å². The number of hydrogen-bond acceptors (Lipinski definition) is 1. The molecule has 1 aromatic carbocycles. The number of nitrogen functional groups attached to an aromatic ring is 1. The molecule has 0 aromatic heterocycles. The van der Waals surface area contributed by atoms with Crippen LogP contribution >= 0.6 is 0 Å². The van der Waals surface area contributed by atoms with Gasteiger partial charge in [0.25, 0.3) is 0 Å². The van der Waals surface area contributed by atoms with Crippen molar-refractivity contribution in [1.29, 1.82) is 0 Å². The van der Waals surface area contributed by atoms with Gasteiger partial charge in [0, 0.05) is 5.69 Å². The van der Waals surface area contributed by atoms with Gasteiger partial charge in [0.05, 0.1) is 0 Å². The van der Waals surface area contributed by atoms with Crippen LogP contribution < -0.4 is 5.73 Å². The van der Waals surface area contributed by atoms with Crippen molar-refractivity contribution >= 4 is 5.69 Å². The average molecular weight is 177 g/mol. The lowest BCUT2D eigenvalue weighted by molar-refractivity contribution is 1.69. The maximum absolute atomic E-state index is 5.36. The van der Waals surface area contributed by atoms with Crippen molar-refractivity contribution in [3.8, 4) is 0 Å². The maximum Gasteiger partial charge on any atom is 0.0313 e. The molecule has 0 aliphatic carbocycles. The first-order valence-corrected chi connectivity index (χ1v) is 3.70. The molecule has 0 radical (unpaired) electrons. The van der Waals surface area contributed by atoms with Crippen molar-refractivity contribution in [3.63, 3.8) is 0 Å². The van der Waals surface area contributed by atoms with Crippen LogP contribution in [-0.4, -0.2) is 0 Å². The summed E-state index contributed by atoms with van der Waals surface area (Å²) >= 11 is 0. The van der Waals surface area contributed by atoms with Gasteiger partial charge < -0.3 is 5.73 Å². The Morgan fingerprint density at radius 2 is 1.00 bits per heavy atom. The summed E-state index contributed by atoms with van der Waals surface area (Å²) in [4.78, 5) is 0. The summed E-state index contributed by atoms with van der Waals surface area (Å²) in [5.74, 6) is 0. The summed E-state index contributed by atoms with van der Waals surface area (Å²) in [6.07, 6.45) is 0. The van der Waals surface area contributed by atoms with Gasteiger partial charge in [-0.25, -0.2) is 0 Å². The van der Waals surface area contributed by atoms with Crippen molar-refractivity contribution in [2.24, 2.45) is 0 Å². The van der Waals surface area contributed by atoms with E-state index in [0.29, 0.717) is 0 Å². The Kier molecular flexibility index (Phi) is 30.0. The molecule has 2 N–H and O–H groups in total. The number of para-hydroxylation sites is 1. The number of benzene rings is 1. The van der Waals surface area contributed by atoms with Crippen molar-refractivity contribution in [2.75, 3.05) is 5.73 Å². The molecule has 1 rings (SSSR count). The molecule has 0 heterocycles. The first-order chi connectivity index (χ1) is 6.39. The van der Waals surface area contributed by atoms with E-state index in [4.69, 9.17) is 5.73 Å². The number of rotatable bonds is 0. The monoisotopic (exact) mass is 177 g/mol.